The smallest absolute Gasteiger partial charge is 0.149 e. The first-order chi connectivity index (χ1) is 9.28. The van der Waals surface area contributed by atoms with Gasteiger partial charge in [-0.2, -0.15) is 0 Å². The Bertz CT molecular complexity index is 586. The van der Waals surface area contributed by atoms with E-state index in [0.717, 1.165) is 22.6 Å². The molecule has 3 rings (SSSR count). The van der Waals surface area contributed by atoms with E-state index in [-0.39, 0.29) is 0 Å². The number of fused-ring (bicyclic) bond motifs is 1. The summed E-state index contributed by atoms with van der Waals surface area (Å²) in [6, 6.07) is 15.7. The highest BCUT2D eigenvalue weighted by Gasteiger charge is 2.25. The fourth-order valence-corrected chi connectivity index (χ4v) is 2.34. The third kappa shape index (κ3) is 2.28. The molecule has 0 bridgehead atoms. The van der Waals surface area contributed by atoms with Gasteiger partial charge >= 0.3 is 0 Å². The van der Waals surface area contributed by atoms with Crippen LogP contribution in [0.15, 0.2) is 48.5 Å². The number of anilines is 1. The maximum Gasteiger partial charge on any atom is 0.149 e. The molecular weight excluding hydrogens is 240 g/mol. The van der Waals surface area contributed by atoms with E-state index >= 15 is 0 Å². The van der Waals surface area contributed by atoms with Crippen LogP contribution < -0.4 is 15.2 Å². The summed E-state index contributed by atoms with van der Waals surface area (Å²) in [6.07, 6.45) is -0.637. The van der Waals surface area contributed by atoms with Crippen LogP contribution in [0.5, 0.6) is 5.75 Å². The third-order valence-corrected chi connectivity index (χ3v) is 3.28. The Hall–Kier alpha value is -2.04. The molecule has 2 N–H and O–H groups in total. The van der Waals surface area contributed by atoms with Crippen molar-refractivity contribution in [2.45, 2.75) is 12.8 Å². The number of hydrogen-bond donors (Lipinski definition) is 2. The van der Waals surface area contributed by atoms with E-state index < -0.39 is 6.23 Å². The average molecular weight is 256 g/mol. The van der Waals surface area contributed by atoms with Crippen LogP contribution in [0, 0.1) is 0 Å². The van der Waals surface area contributed by atoms with Crippen molar-refractivity contribution in [3.8, 4) is 5.75 Å². The van der Waals surface area contributed by atoms with Gasteiger partial charge in [0.05, 0.1) is 19.3 Å². The van der Waals surface area contributed by atoms with Crippen molar-refractivity contribution in [1.29, 1.82) is 0 Å². The number of aliphatic hydroxyl groups excluding tert-OH is 1. The number of nitrogens with one attached hydrogen (secondary N) is 1. The van der Waals surface area contributed by atoms with Crippen LogP contribution in [-0.2, 0) is 6.54 Å². The van der Waals surface area contributed by atoms with Gasteiger partial charge in [-0.05, 0) is 23.8 Å². The molecule has 1 unspecified atom stereocenters. The van der Waals surface area contributed by atoms with Crippen LogP contribution in [-0.4, -0.2) is 12.2 Å². The second kappa shape index (κ2) is 4.91. The molecule has 0 spiro atoms. The Morgan fingerprint density at radius 1 is 1.21 bits per heavy atom. The van der Waals surface area contributed by atoms with Crippen LogP contribution in [0.3, 0.4) is 0 Å². The highest BCUT2D eigenvalue weighted by Crippen LogP contribution is 2.32. The maximum atomic E-state index is 9.95. The van der Waals surface area contributed by atoms with E-state index in [1.54, 1.807) is 7.11 Å². The van der Waals surface area contributed by atoms with Gasteiger partial charge in [-0.1, -0.05) is 30.3 Å². The van der Waals surface area contributed by atoms with Crippen molar-refractivity contribution >= 4 is 5.69 Å². The molecular formula is C15H16N2O2. The molecule has 1 heterocycles. The Morgan fingerprint density at radius 3 is 2.89 bits per heavy atom. The van der Waals surface area contributed by atoms with Crippen molar-refractivity contribution in [1.82, 2.24) is 5.43 Å². The van der Waals surface area contributed by atoms with Crippen molar-refractivity contribution in [3.63, 3.8) is 0 Å². The van der Waals surface area contributed by atoms with Crippen molar-refractivity contribution in [3.05, 3.63) is 59.7 Å². The van der Waals surface area contributed by atoms with Crippen LogP contribution in [0.4, 0.5) is 5.69 Å². The SMILES string of the molecule is COc1cccc(CN2NC(O)c3ccccc32)c1. The largest absolute Gasteiger partial charge is 0.497 e. The third-order valence-electron chi connectivity index (χ3n) is 3.28. The van der Waals surface area contributed by atoms with Crippen LogP contribution in [0.25, 0.3) is 0 Å². The molecule has 19 heavy (non-hydrogen) atoms. The molecule has 0 aliphatic carbocycles. The summed E-state index contributed by atoms with van der Waals surface area (Å²) in [6.45, 7) is 0.672. The molecule has 2 aromatic carbocycles. The zero-order valence-electron chi connectivity index (χ0n) is 10.7. The number of ether oxygens (including phenoxy) is 1. The standard InChI is InChI=1S/C15H16N2O2/c1-19-12-6-4-5-11(9-12)10-17-14-8-3-2-7-13(14)15(18)16-17/h2-9,15-16,18H,10H2,1H3. The molecule has 2 aromatic rings. The highest BCUT2D eigenvalue weighted by molar-refractivity contribution is 5.57. The number of benzene rings is 2. The summed E-state index contributed by atoms with van der Waals surface area (Å²) < 4.78 is 5.22. The van der Waals surface area contributed by atoms with Gasteiger partial charge in [0.1, 0.15) is 12.0 Å². The van der Waals surface area contributed by atoms with E-state index in [4.69, 9.17) is 4.74 Å². The quantitative estimate of drug-likeness (QED) is 0.883. The van der Waals surface area contributed by atoms with E-state index in [2.05, 4.69) is 5.43 Å². The number of hydrogen-bond acceptors (Lipinski definition) is 4. The van der Waals surface area contributed by atoms with Crippen LogP contribution in [0.1, 0.15) is 17.4 Å². The summed E-state index contributed by atoms with van der Waals surface area (Å²) in [5.74, 6) is 0.838. The maximum absolute atomic E-state index is 9.95. The lowest BCUT2D eigenvalue weighted by Crippen LogP contribution is -2.33. The van der Waals surface area contributed by atoms with E-state index in [9.17, 15) is 5.11 Å². The lowest BCUT2D eigenvalue weighted by atomic mass is 10.1. The summed E-state index contributed by atoms with van der Waals surface area (Å²) in [4.78, 5) is 0. The lowest BCUT2D eigenvalue weighted by Gasteiger charge is -2.20. The zero-order chi connectivity index (χ0) is 13.2. The lowest BCUT2D eigenvalue weighted by molar-refractivity contribution is 0.148. The van der Waals surface area contributed by atoms with Gasteiger partial charge < -0.3 is 14.9 Å². The topological polar surface area (TPSA) is 44.7 Å². The first-order valence-electron chi connectivity index (χ1n) is 6.21. The minimum Gasteiger partial charge on any atom is -0.497 e. The highest BCUT2D eigenvalue weighted by atomic mass is 16.5. The first kappa shape index (κ1) is 12.0. The Balaban J connectivity index is 1.85. The first-order valence-corrected chi connectivity index (χ1v) is 6.21. The molecule has 0 fully saturated rings. The van der Waals surface area contributed by atoms with Crippen LogP contribution in [0.2, 0.25) is 0 Å². The van der Waals surface area contributed by atoms with Gasteiger partial charge in [-0.3, -0.25) is 0 Å². The molecule has 0 radical (unpaired) electrons. The summed E-state index contributed by atoms with van der Waals surface area (Å²) in [5, 5.41) is 11.9. The van der Waals surface area contributed by atoms with E-state index in [1.807, 2.05) is 53.5 Å². The average Bonchev–Trinajstić information content (AvgIpc) is 2.76. The number of hydrazine groups is 1. The van der Waals surface area contributed by atoms with Gasteiger partial charge in [-0.25, -0.2) is 5.43 Å². The van der Waals surface area contributed by atoms with Crippen LogP contribution >= 0.6 is 0 Å². The Labute approximate surface area is 112 Å². The molecule has 1 atom stereocenters. The number of nitrogens with zero attached hydrogens (tertiary/aromatic N) is 1. The molecule has 1 aliphatic heterocycles. The molecule has 0 saturated heterocycles. The van der Waals surface area contributed by atoms with Crippen molar-refractivity contribution in [2.75, 3.05) is 12.1 Å². The second-order valence-electron chi connectivity index (χ2n) is 4.53. The van der Waals surface area contributed by atoms with E-state index in [0.29, 0.717) is 6.54 Å². The predicted molar refractivity (Wildman–Crippen MR) is 73.7 cm³/mol. The van der Waals surface area contributed by atoms with E-state index in [1.165, 1.54) is 0 Å². The molecule has 4 heteroatoms. The normalized spacial score (nSPS) is 17.4. The van der Waals surface area contributed by atoms with Gasteiger partial charge in [0.2, 0.25) is 0 Å². The number of para-hydroxylation sites is 1. The Morgan fingerprint density at radius 2 is 2.05 bits per heavy atom. The zero-order valence-corrected chi connectivity index (χ0v) is 10.7. The fourth-order valence-electron chi connectivity index (χ4n) is 2.34. The predicted octanol–water partition coefficient (Wildman–Crippen LogP) is 2.21. The van der Waals surface area contributed by atoms with Crippen molar-refractivity contribution in [2.24, 2.45) is 0 Å². The molecule has 98 valence electrons. The molecule has 4 nitrogen and oxygen atoms in total. The minimum atomic E-state index is -0.637. The summed E-state index contributed by atoms with van der Waals surface area (Å²) >= 11 is 0. The number of methoxy groups -OCH3 is 1. The van der Waals surface area contributed by atoms with Crippen molar-refractivity contribution < 1.29 is 9.84 Å². The van der Waals surface area contributed by atoms with Gasteiger partial charge in [0.15, 0.2) is 0 Å². The monoisotopic (exact) mass is 256 g/mol. The molecule has 0 aromatic heterocycles. The second-order valence-corrected chi connectivity index (χ2v) is 4.53. The summed E-state index contributed by atoms with van der Waals surface area (Å²) in [5.41, 5.74) is 6.09. The van der Waals surface area contributed by atoms with Gasteiger partial charge in [0.25, 0.3) is 0 Å². The van der Waals surface area contributed by atoms with Gasteiger partial charge in [0, 0.05) is 5.56 Å². The molecule has 1 aliphatic rings. The summed E-state index contributed by atoms with van der Waals surface area (Å²) in [7, 11) is 1.66. The minimum absolute atomic E-state index is 0.637. The molecule has 0 saturated carbocycles. The fraction of sp³-hybridized carbons (Fsp3) is 0.200. The number of aliphatic hydroxyl groups is 1. The Kier molecular flexibility index (Phi) is 3.11. The molecule has 0 amide bonds. The number of rotatable bonds is 3. The van der Waals surface area contributed by atoms with Gasteiger partial charge in [-0.15, -0.1) is 0 Å².